The largest absolute Gasteiger partial charge is 0.573 e. The van der Waals surface area contributed by atoms with Crippen LogP contribution < -0.4 is 21.5 Å². The molecule has 1 fully saturated rings. The number of benzene rings is 1. The molecule has 0 aliphatic carbocycles. The minimum absolute atomic E-state index is 0. The van der Waals surface area contributed by atoms with Crippen LogP contribution in [0.4, 0.5) is 18.9 Å². The fraction of sp³-hybridized carbons (Fsp3) is 0.556. The SMILES string of the molecule is I.NC(=O)C1CCN(CCCCN=C(N)Nc2ccc(OC(F)(F)F)cc2)CC1. The average molecular weight is 529 g/mol. The highest BCUT2D eigenvalue weighted by Gasteiger charge is 2.30. The highest BCUT2D eigenvalue weighted by Crippen LogP contribution is 2.23. The highest BCUT2D eigenvalue weighted by molar-refractivity contribution is 14.0. The van der Waals surface area contributed by atoms with E-state index in [2.05, 4.69) is 19.9 Å². The molecule has 0 bridgehead atoms. The minimum atomic E-state index is -4.72. The number of unbranched alkanes of at least 4 members (excludes halogenated alkanes) is 1. The van der Waals surface area contributed by atoms with Gasteiger partial charge in [0.2, 0.25) is 5.91 Å². The van der Waals surface area contributed by atoms with Gasteiger partial charge in [0.1, 0.15) is 5.75 Å². The van der Waals surface area contributed by atoms with E-state index in [0.717, 1.165) is 45.3 Å². The topological polar surface area (TPSA) is 106 Å². The zero-order valence-corrected chi connectivity index (χ0v) is 18.3. The number of carbonyl (C=O) groups is 1. The van der Waals surface area contributed by atoms with Crippen LogP contribution in [-0.2, 0) is 4.79 Å². The number of amides is 1. The summed E-state index contributed by atoms with van der Waals surface area (Å²) >= 11 is 0. The average Bonchev–Trinajstić information content (AvgIpc) is 2.62. The number of hydrogen-bond acceptors (Lipinski definition) is 4. The number of guanidine groups is 1. The smallest absolute Gasteiger partial charge is 0.406 e. The van der Waals surface area contributed by atoms with Crippen LogP contribution >= 0.6 is 24.0 Å². The monoisotopic (exact) mass is 529 g/mol. The molecule has 1 heterocycles. The summed E-state index contributed by atoms with van der Waals surface area (Å²) in [6.45, 7) is 3.25. The van der Waals surface area contributed by atoms with Crippen molar-refractivity contribution in [3.63, 3.8) is 0 Å². The Morgan fingerprint density at radius 2 is 1.79 bits per heavy atom. The van der Waals surface area contributed by atoms with Crippen molar-refractivity contribution in [2.24, 2.45) is 22.4 Å². The molecule has 0 atom stereocenters. The maximum Gasteiger partial charge on any atom is 0.573 e. The van der Waals surface area contributed by atoms with Crippen molar-refractivity contribution in [3.05, 3.63) is 24.3 Å². The predicted molar refractivity (Wildman–Crippen MR) is 116 cm³/mol. The van der Waals surface area contributed by atoms with Crippen molar-refractivity contribution in [3.8, 4) is 5.75 Å². The Morgan fingerprint density at radius 3 is 2.34 bits per heavy atom. The molecule has 0 radical (unpaired) electrons. The number of halogens is 4. The van der Waals surface area contributed by atoms with Crippen molar-refractivity contribution in [2.45, 2.75) is 32.0 Å². The Balaban J connectivity index is 0.00000420. The van der Waals surface area contributed by atoms with Gasteiger partial charge < -0.3 is 26.4 Å². The van der Waals surface area contributed by atoms with Crippen LogP contribution in [0.1, 0.15) is 25.7 Å². The number of aliphatic imine (C=N–C) groups is 1. The molecule has 164 valence electrons. The second kappa shape index (κ2) is 12.1. The van der Waals surface area contributed by atoms with Gasteiger partial charge in [-0.1, -0.05) is 0 Å². The lowest BCUT2D eigenvalue weighted by molar-refractivity contribution is -0.274. The van der Waals surface area contributed by atoms with Crippen LogP contribution in [0.5, 0.6) is 5.75 Å². The quantitative estimate of drug-likeness (QED) is 0.208. The van der Waals surface area contributed by atoms with E-state index in [1.165, 1.54) is 24.3 Å². The van der Waals surface area contributed by atoms with Gasteiger partial charge in [0.05, 0.1) is 0 Å². The summed E-state index contributed by atoms with van der Waals surface area (Å²) in [5.41, 5.74) is 11.6. The minimum Gasteiger partial charge on any atom is -0.406 e. The van der Waals surface area contributed by atoms with Crippen LogP contribution in [0.3, 0.4) is 0 Å². The number of rotatable bonds is 8. The van der Waals surface area contributed by atoms with Gasteiger partial charge in [0.15, 0.2) is 5.96 Å². The molecule has 5 N–H and O–H groups in total. The third kappa shape index (κ3) is 10.0. The molecule has 1 aliphatic rings. The van der Waals surface area contributed by atoms with Crippen molar-refractivity contribution in [1.82, 2.24) is 4.90 Å². The molecule has 29 heavy (non-hydrogen) atoms. The number of carbonyl (C=O) groups excluding carboxylic acids is 1. The fourth-order valence-electron chi connectivity index (χ4n) is 3.02. The number of nitrogens with two attached hydrogens (primary N) is 2. The second-order valence-electron chi connectivity index (χ2n) is 6.69. The van der Waals surface area contributed by atoms with Gasteiger partial charge in [-0.05, 0) is 69.6 Å². The van der Waals surface area contributed by atoms with E-state index in [0.29, 0.717) is 12.2 Å². The van der Waals surface area contributed by atoms with Crippen molar-refractivity contribution in [1.29, 1.82) is 0 Å². The number of nitrogens with one attached hydrogen (secondary N) is 1. The number of piperidine rings is 1. The predicted octanol–water partition coefficient (Wildman–Crippen LogP) is 2.91. The standard InChI is InChI=1S/C18H26F3N5O2.HI/c19-18(20,21)28-15-5-3-14(4-6-15)25-17(23)24-9-1-2-10-26-11-7-13(8-12-26)16(22)27;/h3-6,13H,1-2,7-12H2,(H2,22,27)(H3,23,24,25);1H. The summed E-state index contributed by atoms with van der Waals surface area (Å²) in [7, 11) is 0. The van der Waals surface area contributed by atoms with Gasteiger partial charge >= 0.3 is 6.36 Å². The third-order valence-electron chi connectivity index (χ3n) is 4.51. The Labute approximate surface area is 185 Å². The zero-order chi connectivity index (χ0) is 20.6. The van der Waals surface area contributed by atoms with E-state index >= 15 is 0 Å². The van der Waals surface area contributed by atoms with Crippen molar-refractivity contribution < 1.29 is 22.7 Å². The first-order valence-electron chi connectivity index (χ1n) is 9.17. The van der Waals surface area contributed by atoms with Crippen molar-refractivity contribution in [2.75, 3.05) is 31.5 Å². The maximum absolute atomic E-state index is 12.1. The fourth-order valence-corrected chi connectivity index (χ4v) is 3.02. The normalized spacial score (nSPS) is 16.2. The maximum atomic E-state index is 12.1. The van der Waals surface area contributed by atoms with E-state index in [9.17, 15) is 18.0 Å². The Morgan fingerprint density at radius 1 is 1.17 bits per heavy atom. The lowest BCUT2D eigenvalue weighted by Gasteiger charge is -2.30. The summed E-state index contributed by atoms with van der Waals surface area (Å²) in [5, 5.41) is 2.82. The van der Waals surface area contributed by atoms with Crippen LogP contribution in [0.25, 0.3) is 0 Å². The van der Waals surface area contributed by atoms with Crippen LogP contribution in [0, 0.1) is 5.92 Å². The molecule has 2 rings (SSSR count). The summed E-state index contributed by atoms with van der Waals surface area (Å²) in [6, 6.07) is 5.26. The first kappa shape index (κ1) is 25.3. The second-order valence-corrected chi connectivity index (χ2v) is 6.69. The molecule has 7 nitrogen and oxygen atoms in total. The summed E-state index contributed by atoms with van der Waals surface area (Å²) in [6.07, 6.45) is -1.26. The van der Waals surface area contributed by atoms with Gasteiger partial charge in [-0.15, -0.1) is 37.1 Å². The van der Waals surface area contributed by atoms with Crippen molar-refractivity contribution >= 4 is 41.5 Å². The zero-order valence-electron chi connectivity index (χ0n) is 16.0. The van der Waals surface area contributed by atoms with E-state index in [1.54, 1.807) is 0 Å². The van der Waals surface area contributed by atoms with E-state index in [4.69, 9.17) is 11.5 Å². The van der Waals surface area contributed by atoms with Gasteiger partial charge in [-0.2, -0.15) is 0 Å². The molecule has 11 heteroatoms. The molecule has 1 aromatic rings. The number of anilines is 1. The van der Waals surface area contributed by atoms with Crippen LogP contribution in [-0.4, -0.2) is 49.3 Å². The molecule has 1 saturated heterocycles. The van der Waals surface area contributed by atoms with E-state index in [-0.39, 0.29) is 47.5 Å². The number of nitrogens with zero attached hydrogens (tertiary/aromatic N) is 2. The summed E-state index contributed by atoms with van der Waals surface area (Å²) in [4.78, 5) is 17.7. The lowest BCUT2D eigenvalue weighted by Crippen LogP contribution is -2.38. The number of ether oxygens (including phenoxy) is 1. The number of hydrogen-bond donors (Lipinski definition) is 3. The number of alkyl halides is 3. The lowest BCUT2D eigenvalue weighted by atomic mass is 9.96. The van der Waals surface area contributed by atoms with Gasteiger partial charge in [-0.3, -0.25) is 9.79 Å². The molecule has 1 aromatic carbocycles. The van der Waals surface area contributed by atoms with Crippen LogP contribution in [0.2, 0.25) is 0 Å². The number of primary amides is 1. The molecule has 1 aliphatic heterocycles. The molecule has 0 aromatic heterocycles. The Bertz CT molecular complexity index is 662. The summed E-state index contributed by atoms with van der Waals surface area (Å²) < 4.78 is 40.2. The molecular formula is C18H27F3IN5O2. The molecular weight excluding hydrogens is 502 g/mol. The summed E-state index contributed by atoms with van der Waals surface area (Å²) in [5.74, 6) is -0.305. The Kier molecular flexibility index (Phi) is 10.5. The van der Waals surface area contributed by atoms with Gasteiger partial charge in [-0.25, -0.2) is 0 Å². The van der Waals surface area contributed by atoms with Gasteiger partial charge in [0.25, 0.3) is 0 Å². The molecule has 0 unspecified atom stereocenters. The van der Waals surface area contributed by atoms with E-state index in [1.807, 2.05) is 0 Å². The third-order valence-corrected chi connectivity index (χ3v) is 4.51. The first-order valence-corrected chi connectivity index (χ1v) is 9.17. The van der Waals surface area contributed by atoms with Gasteiger partial charge in [0, 0.05) is 18.2 Å². The van der Waals surface area contributed by atoms with E-state index < -0.39 is 6.36 Å². The molecule has 0 spiro atoms. The molecule has 1 amide bonds. The Hall–Kier alpha value is -1.76. The highest BCUT2D eigenvalue weighted by atomic mass is 127. The van der Waals surface area contributed by atoms with Crippen LogP contribution in [0.15, 0.2) is 29.3 Å². The number of likely N-dealkylation sites (tertiary alicyclic amines) is 1. The molecule has 0 saturated carbocycles. The first-order chi connectivity index (χ1) is 13.2.